The van der Waals surface area contributed by atoms with Gasteiger partial charge in [0, 0.05) is 38.0 Å². The largest absolute Gasteiger partial charge is 0.345 e. The minimum Gasteiger partial charge on any atom is -0.345 e. The summed E-state index contributed by atoms with van der Waals surface area (Å²) in [7, 11) is 5.11. The molecule has 2 rings (SSSR count). The van der Waals surface area contributed by atoms with Crippen molar-refractivity contribution in [2.45, 2.75) is 0 Å². The Balaban J connectivity index is 2.32. The average molecular weight is 351 g/mol. The van der Waals surface area contributed by atoms with E-state index in [1.807, 2.05) is 0 Å². The maximum Gasteiger partial charge on any atom is 0.271 e. The van der Waals surface area contributed by atoms with Crippen molar-refractivity contribution < 1.29 is 4.79 Å². The number of rotatable bonds is 3. The highest BCUT2D eigenvalue weighted by molar-refractivity contribution is 9.10. The van der Waals surface area contributed by atoms with Crippen molar-refractivity contribution in [1.29, 1.82) is 0 Å². The molecular weight excluding hydrogens is 336 g/mol. The Bertz CT molecular complexity index is 710. The third kappa shape index (κ3) is 3.30. The molecule has 0 atom stereocenters. The number of carbonyl (C=O) groups excluding carboxylic acids is 1. The molecule has 2 aromatic heterocycles. The zero-order valence-corrected chi connectivity index (χ0v) is 13.5. The standard InChI is InChI=1S/C14H15BrN4O2/c1-18(2)14(21)9-4-5-12(16-7-9)19(3)11-6-10(15)8-17-13(11)20/h4-8H,1-3H3,(H,17,20). The first-order chi connectivity index (χ1) is 9.90. The number of nitrogens with zero attached hydrogens (tertiary/aromatic N) is 3. The van der Waals surface area contributed by atoms with Gasteiger partial charge in [0.2, 0.25) is 0 Å². The molecule has 0 radical (unpaired) electrons. The summed E-state index contributed by atoms with van der Waals surface area (Å²) < 4.78 is 0.767. The minimum absolute atomic E-state index is 0.114. The number of H-pyrrole nitrogens is 1. The molecule has 0 aliphatic heterocycles. The Morgan fingerprint density at radius 2 is 2.00 bits per heavy atom. The summed E-state index contributed by atoms with van der Waals surface area (Å²) in [6.45, 7) is 0. The highest BCUT2D eigenvalue weighted by atomic mass is 79.9. The topological polar surface area (TPSA) is 69.3 Å². The number of hydrogen-bond acceptors (Lipinski definition) is 4. The number of anilines is 2. The second kappa shape index (κ2) is 6.09. The van der Waals surface area contributed by atoms with Gasteiger partial charge in [0.15, 0.2) is 0 Å². The van der Waals surface area contributed by atoms with Crippen LogP contribution in [-0.2, 0) is 0 Å². The summed E-state index contributed by atoms with van der Waals surface area (Å²) >= 11 is 3.32. The van der Waals surface area contributed by atoms with Gasteiger partial charge in [-0.05, 0) is 34.1 Å². The van der Waals surface area contributed by atoms with Crippen LogP contribution >= 0.6 is 15.9 Å². The van der Waals surface area contributed by atoms with Crippen LogP contribution in [0.3, 0.4) is 0 Å². The van der Waals surface area contributed by atoms with E-state index in [0.717, 1.165) is 4.47 Å². The van der Waals surface area contributed by atoms with Crippen LogP contribution in [0.5, 0.6) is 0 Å². The summed E-state index contributed by atoms with van der Waals surface area (Å²) in [5.74, 6) is 0.464. The molecule has 6 nitrogen and oxygen atoms in total. The number of aromatic nitrogens is 2. The van der Waals surface area contributed by atoms with Crippen LogP contribution in [0, 0.1) is 0 Å². The Hall–Kier alpha value is -2.15. The molecule has 110 valence electrons. The van der Waals surface area contributed by atoms with Gasteiger partial charge in [0.05, 0.1) is 5.56 Å². The van der Waals surface area contributed by atoms with Crippen molar-refractivity contribution in [2.24, 2.45) is 0 Å². The van der Waals surface area contributed by atoms with Crippen LogP contribution in [0.15, 0.2) is 39.9 Å². The number of carbonyl (C=O) groups is 1. The van der Waals surface area contributed by atoms with Gasteiger partial charge >= 0.3 is 0 Å². The van der Waals surface area contributed by atoms with Crippen LogP contribution in [0.4, 0.5) is 11.5 Å². The van der Waals surface area contributed by atoms with Gasteiger partial charge in [0.25, 0.3) is 11.5 Å². The monoisotopic (exact) mass is 350 g/mol. The van der Waals surface area contributed by atoms with Crippen molar-refractivity contribution in [1.82, 2.24) is 14.9 Å². The van der Waals surface area contributed by atoms with Crippen LogP contribution < -0.4 is 10.5 Å². The summed E-state index contributed by atoms with van der Waals surface area (Å²) in [6, 6.07) is 5.10. The SMILES string of the molecule is CN(C)C(=O)c1ccc(N(C)c2cc(Br)c[nH]c2=O)nc1. The van der Waals surface area contributed by atoms with Gasteiger partial charge in [-0.1, -0.05) is 0 Å². The fourth-order valence-electron chi connectivity index (χ4n) is 1.79. The quantitative estimate of drug-likeness (QED) is 0.919. The lowest BCUT2D eigenvalue weighted by Crippen LogP contribution is -2.23. The van der Waals surface area contributed by atoms with Gasteiger partial charge in [0.1, 0.15) is 11.5 Å². The molecule has 0 saturated heterocycles. The van der Waals surface area contributed by atoms with E-state index in [2.05, 4.69) is 25.9 Å². The molecule has 7 heteroatoms. The number of hydrogen-bond donors (Lipinski definition) is 1. The number of aromatic amines is 1. The van der Waals surface area contributed by atoms with E-state index in [1.54, 1.807) is 50.4 Å². The maximum atomic E-state index is 11.8. The minimum atomic E-state index is -0.212. The molecule has 0 aromatic carbocycles. The van der Waals surface area contributed by atoms with E-state index in [-0.39, 0.29) is 11.5 Å². The van der Waals surface area contributed by atoms with Crippen LogP contribution in [0.1, 0.15) is 10.4 Å². The first kappa shape index (κ1) is 15.2. The van der Waals surface area contributed by atoms with E-state index in [9.17, 15) is 9.59 Å². The molecule has 0 unspecified atom stereocenters. The van der Waals surface area contributed by atoms with Gasteiger partial charge in [-0.25, -0.2) is 4.98 Å². The summed E-state index contributed by atoms with van der Waals surface area (Å²) in [5, 5.41) is 0. The van der Waals surface area contributed by atoms with Crippen molar-refractivity contribution >= 4 is 33.3 Å². The maximum absolute atomic E-state index is 11.8. The Labute approximate surface area is 130 Å². The van der Waals surface area contributed by atoms with Gasteiger partial charge < -0.3 is 14.8 Å². The molecule has 1 N–H and O–H groups in total. The first-order valence-corrected chi connectivity index (χ1v) is 6.99. The highest BCUT2D eigenvalue weighted by Crippen LogP contribution is 2.20. The lowest BCUT2D eigenvalue weighted by molar-refractivity contribution is 0.0827. The van der Waals surface area contributed by atoms with Crippen molar-refractivity contribution in [3.05, 3.63) is 51.0 Å². The summed E-state index contributed by atoms with van der Waals surface area (Å²) in [6.07, 6.45) is 3.08. The van der Waals surface area contributed by atoms with Gasteiger partial charge in [-0.15, -0.1) is 0 Å². The molecule has 0 fully saturated rings. The molecule has 0 aliphatic rings. The lowest BCUT2D eigenvalue weighted by atomic mass is 10.2. The molecule has 0 bridgehead atoms. The van der Waals surface area contributed by atoms with Crippen molar-refractivity contribution in [3.8, 4) is 0 Å². The summed E-state index contributed by atoms with van der Waals surface area (Å²) in [5.41, 5.74) is 0.750. The average Bonchev–Trinajstić information content (AvgIpc) is 2.48. The Morgan fingerprint density at radius 1 is 1.29 bits per heavy atom. The molecule has 0 spiro atoms. The third-order valence-corrected chi connectivity index (χ3v) is 3.41. The fraction of sp³-hybridized carbons (Fsp3) is 0.214. The zero-order valence-electron chi connectivity index (χ0n) is 11.9. The molecule has 1 amide bonds. The number of amides is 1. The second-order valence-corrected chi connectivity index (χ2v) is 5.61. The van der Waals surface area contributed by atoms with Crippen LogP contribution in [0.2, 0.25) is 0 Å². The van der Waals surface area contributed by atoms with Crippen LogP contribution in [0.25, 0.3) is 0 Å². The molecule has 0 saturated carbocycles. The summed E-state index contributed by atoms with van der Waals surface area (Å²) in [4.78, 5) is 33.7. The second-order valence-electron chi connectivity index (χ2n) is 4.70. The predicted octanol–water partition coefficient (Wildman–Crippen LogP) is 2.00. The Kier molecular flexibility index (Phi) is 4.42. The van der Waals surface area contributed by atoms with Crippen LogP contribution in [-0.4, -0.2) is 41.9 Å². The first-order valence-electron chi connectivity index (χ1n) is 6.20. The van der Waals surface area contributed by atoms with Gasteiger partial charge in [-0.3, -0.25) is 9.59 Å². The van der Waals surface area contributed by atoms with Gasteiger partial charge in [-0.2, -0.15) is 0 Å². The van der Waals surface area contributed by atoms with E-state index >= 15 is 0 Å². The molecule has 21 heavy (non-hydrogen) atoms. The Morgan fingerprint density at radius 3 is 2.57 bits per heavy atom. The van der Waals surface area contributed by atoms with Crippen molar-refractivity contribution in [3.63, 3.8) is 0 Å². The third-order valence-electron chi connectivity index (χ3n) is 2.95. The number of halogens is 1. The predicted molar refractivity (Wildman–Crippen MR) is 85.1 cm³/mol. The number of pyridine rings is 2. The molecule has 0 aliphatic carbocycles. The molecule has 2 aromatic rings. The van der Waals surface area contributed by atoms with E-state index in [4.69, 9.17) is 0 Å². The molecule has 2 heterocycles. The van der Waals surface area contributed by atoms with E-state index < -0.39 is 0 Å². The zero-order chi connectivity index (χ0) is 15.6. The van der Waals surface area contributed by atoms with Crippen molar-refractivity contribution in [2.75, 3.05) is 26.0 Å². The van der Waals surface area contributed by atoms with E-state index in [0.29, 0.717) is 17.1 Å². The van der Waals surface area contributed by atoms with E-state index in [1.165, 1.54) is 11.1 Å². The smallest absolute Gasteiger partial charge is 0.271 e. The molecular formula is C14H15BrN4O2. The number of nitrogens with one attached hydrogen (secondary N) is 1. The normalized spacial score (nSPS) is 10.3. The fourth-order valence-corrected chi connectivity index (χ4v) is 2.12. The highest BCUT2D eigenvalue weighted by Gasteiger charge is 2.12. The lowest BCUT2D eigenvalue weighted by Gasteiger charge is -2.18.